The lowest BCUT2D eigenvalue weighted by Gasteiger charge is -2.26. The zero-order valence-corrected chi connectivity index (χ0v) is 19.7. The number of benzene rings is 2. The standard InChI is InChI=1S/C26H27N5O4/c1-33-23-8-5-19(15-24(23)34-2)22-9-10-27-25-16-21(29-31(22)25)26(32)28-20-6-3-18(4-7-20)17-30-11-13-35-14-12-30/h3-10,15-16H,11-14,17H2,1-2H3,(H,28,32). The summed E-state index contributed by atoms with van der Waals surface area (Å²) in [5, 5.41) is 7.46. The Kier molecular flexibility index (Phi) is 6.60. The number of hydrogen-bond acceptors (Lipinski definition) is 7. The van der Waals surface area contributed by atoms with E-state index in [4.69, 9.17) is 14.2 Å². The molecule has 1 N–H and O–H groups in total. The third kappa shape index (κ3) is 4.96. The molecule has 1 aliphatic heterocycles. The van der Waals surface area contributed by atoms with Gasteiger partial charge in [0, 0.05) is 43.1 Å². The molecular formula is C26H27N5O4. The zero-order valence-electron chi connectivity index (χ0n) is 19.7. The normalized spacial score (nSPS) is 14.1. The Morgan fingerprint density at radius 2 is 1.77 bits per heavy atom. The number of methoxy groups -OCH3 is 2. The Morgan fingerprint density at radius 1 is 1.00 bits per heavy atom. The molecule has 5 rings (SSSR count). The van der Waals surface area contributed by atoms with E-state index in [1.807, 2.05) is 48.5 Å². The fourth-order valence-corrected chi connectivity index (χ4v) is 4.13. The molecule has 0 saturated carbocycles. The number of nitrogens with one attached hydrogen (secondary N) is 1. The Hall–Kier alpha value is -3.95. The number of fused-ring (bicyclic) bond motifs is 1. The molecule has 1 fully saturated rings. The minimum absolute atomic E-state index is 0.280. The first-order valence-corrected chi connectivity index (χ1v) is 11.4. The van der Waals surface area contributed by atoms with E-state index in [-0.39, 0.29) is 11.6 Å². The topological polar surface area (TPSA) is 90.2 Å². The van der Waals surface area contributed by atoms with Crippen molar-refractivity contribution in [3.8, 4) is 22.8 Å². The second kappa shape index (κ2) is 10.1. The van der Waals surface area contributed by atoms with Crippen LogP contribution in [0.4, 0.5) is 5.69 Å². The van der Waals surface area contributed by atoms with Gasteiger partial charge < -0.3 is 19.5 Å². The SMILES string of the molecule is COc1ccc(-c2ccnc3cc(C(=O)Nc4ccc(CN5CCOCC5)cc4)nn23)cc1OC. The lowest BCUT2D eigenvalue weighted by molar-refractivity contribution is 0.0342. The fraction of sp³-hybridized carbons (Fsp3) is 0.269. The van der Waals surface area contributed by atoms with Gasteiger partial charge in [0.2, 0.25) is 0 Å². The molecule has 0 atom stereocenters. The molecule has 0 bridgehead atoms. The Bertz CT molecular complexity index is 1330. The van der Waals surface area contributed by atoms with Gasteiger partial charge in [0.1, 0.15) is 0 Å². The number of aromatic nitrogens is 3. The van der Waals surface area contributed by atoms with Crippen LogP contribution in [-0.4, -0.2) is 65.9 Å². The number of carbonyl (C=O) groups is 1. The van der Waals surface area contributed by atoms with Crippen molar-refractivity contribution in [1.82, 2.24) is 19.5 Å². The highest BCUT2D eigenvalue weighted by atomic mass is 16.5. The highest BCUT2D eigenvalue weighted by molar-refractivity contribution is 6.03. The summed E-state index contributed by atoms with van der Waals surface area (Å²) >= 11 is 0. The molecule has 35 heavy (non-hydrogen) atoms. The smallest absolute Gasteiger partial charge is 0.276 e. The van der Waals surface area contributed by atoms with Crippen LogP contribution in [-0.2, 0) is 11.3 Å². The van der Waals surface area contributed by atoms with Gasteiger partial charge in [-0.2, -0.15) is 5.10 Å². The predicted octanol–water partition coefficient (Wildman–Crippen LogP) is 3.50. The fourth-order valence-electron chi connectivity index (χ4n) is 4.13. The minimum atomic E-state index is -0.297. The van der Waals surface area contributed by atoms with Crippen molar-refractivity contribution in [1.29, 1.82) is 0 Å². The summed E-state index contributed by atoms with van der Waals surface area (Å²) in [5.74, 6) is 0.949. The number of ether oxygens (including phenoxy) is 3. The number of hydrogen-bond donors (Lipinski definition) is 1. The number of morpholine rings is 1. The molecule has 180 valence electrons. The molecule has 3 heterocycles. The monoisotopic (exact) mass is 473 g/mol. The highest BCUT2D eigenvalue weighted by Crippen LogP contribution is 2.32. The minimum Gasteiger partial charge on any atom is -0.493 e. The van der Waals surface area contributed by atoms with E-state index in [1.54, 1.807) is 31.0 Å². The molecule has 0 unspecified atom stereocenters. The highest BCUT2D eigenvalue weighted by Gasteiger charge is 2.16. The quantitative estimate of drug-likeness (QED) is 0.439. The molecule has 0 radical (unpaired) electrons. The predicted molar refractivity (Wildman–Crippen MR) is 132 cm³/mol. The third-order valence-electron chi connectivity index (χ3n) is 5.99. The van der Waals surface area contributed by atoms with Gasteiger partial charge in [-0.15, -0.1) is 0 Å². The maximum absolute atomic E-state index is 12.9. The summed E-state index contributed by atoms with van der Waals surface area (Å²) in [4.78, 5) is 19.7. The van der Waals surface area contributed by atoms with Crippen LogP contribution in [0, 0.1) is 0 Å². The first-order chi connectivity index (χ1) is 17.1. The van der Waals surface area contributed by atoms with Crippen molar-refractivity contribution in [3.63, 3.8) is 0 Å². The second-order valence-electron chi connectivity index (χ2n) is 8.24. The Balaban J connectivity index is 1.33. The maximum atomic E-state index is 12.9. The molecule has 0 aliphatic carbocycles. The van der Waals surface area contributed by atoms with Crippen molar-refractivity contribution in [2.24, 2.45) is 0 Å². The summed E-state index contributed by atoms with van der Waals surface area (Å²) in [5.41, 5.74) is 4.40. The number of carbonyl (C=O) groups excluding carboxylic acids is 1. The van der Waals surface area contributed by atoms with Crippen molar-refractivity contribution in [2.45, 2.75) is 6.54 Å². The molecule has 4 aromatic rings. The van der Waals surface area contributed by atoms with Crippen LogP contribution in [0.5, 0.6) is 11.5 Å². The largest absolute Gasteiger partial charge is 0.493 e. The van der Waals surface area contributed by atoms with Gasteiger partial charge in [-0.25, -0.2) is 9.50 Å². The van der Waals surface area contributed by atoms with Crippen LogP contribution in [0.3, 0.4) is 0 Å². The van der Waals surface area contributed by atoms with E-state index in [0.29, 0.717) is 22.8 Å². The Labute approximate surface area is 203 Å². The van der Waals surface area contributed by atoms with Crippen molar-refractivity contribution in [2.75, 3.05) is 45.8 Å². The molecule has 0 spiro atoms. The van der Waals surface area contributed by atoms with Crippen molar-refractivity contribution >= 4 is 17.2 Å². The van der Waals surface area contributed by atoms with Crippen LogP contribution in [0.15, 0.2) is 60.8 Å². The summed E-state index contributed by atoms with van der Waals surface area (Å²) in [6.45, 7) is 4.29. The summed E-state index contributed by atoms with van der Waals surface area (Å²) in [7, 11) is 3.19. The van der Waals surface area contributed by atoms with Crippen LogP contribution >= 0.6 is 0 Å². The zero-order chi connectivity index (χ0) is 24.2. The molecule has 9 nitrogen and oxygen atoms in total. The van der Waals surface area contributed by atoms with Gasteiger partial charge >= 0.3 is 0 Å². The summed E-state index contributed by atoms with van der Waals surface area (Å²) in [6.07, 6.45) is 1.69. The average molecular weight is 474 g/mol. The van der Waals surface area contributed by atoms with E-state index in [2.05, 4.69) is 20.3 Å². The van der Waals surface area contributed by atoms with E-state index >= 15 is 0 Å². The lowest BCUT2D eigenvalue weighted by Crippen LogP contribution is -2.35. The molecule has 1 aliphatic rings. The first-order valence-electron chi connectivity index (χ1n) is 11.4. The van der Waals surface area contributed by atoms with Gasteiger partial charge in [0.25, 0.3) is 5.91 Å². The first kappa shape index (κ1) is 22.8. The van der Waals surface area contributed by atoms with Gasteiger partial charge in [0.05, 0.1) is 33.1 Å². The molecule has 1 saturated heterocycles. The van der Waals surface area contributed by atoms with E-state index in [9.17, 15) is 4.79 Å². The van der Waals surface area contributed by atoms with E-state index in [0.717, 1.165) is 44.1 Å². The number of anilines is 1. The van der Waals surface area contributed by atoms with Gasteiger partial charge in [-0.1, -0.05) is 12.1 Å². The van der Waals surface area contributed by atoms with Gasteiger partial charge in [0.15, 0.2) is 22.8 Å². The molecule has 9 heteroatoms. The molecule has 2 aromatic heterocycles. The molecule has 1 amide bonds. The second-order valence-corrected chi connectivity index (χ2v) is 8.24. The van der Waals surface area contributed by atoms with E-state index < -0.39 is 0 Å². The van der Waals surface area contributed by atoms with E-state index in [1.165, 1.54) is 5.56 Å². The van der Waals surface area contributed by atoms with Crippen LogP contribution in [0.2, 0.25) is 0 Å². The van der Waals surface area contributed by atoms with Gasteiger partial charge in [-0.05, 0) is 42.0 Å². The van der Waals surface area contributed by atoms with Crippen LogP contribution < -0.4 is 14.8 Å². The van der Waals surface area contributed by atoms with Crippen LogP contribution in [0.25, 0.3) is 16.9 Å². The Morgan fingerprint density at radius 3 is 2.51 bits per heavy atom. The average Bonchev–Trinajstić information content (AvgIpc) is 3.35. The molecular weight excluding hydrogens is 446 g/mol. The summed E-state index contributed by atoms with van der Waals surface area (Å²) < 4.78 is 17.8. The van der Waals surface area contributed by atoms with Crippen molar-refractivity contribution < 1.29 is 19.0 Å². The van der Waals surface area contributed by atoms with Crippen LogP contribution in [0.1, 0.15) is 16.1 Å². The number of amides is 1. The van der Waals surface area contributed by atoms with Crippen molar-refractivity contribution in [3.05, 3.63) is 72.1 Å². The summed E-state index contributed by atoms with van der Waals surface area (Å²) in [6, 6.07) is 17.0. The van der Waals surface area contributed by atoms with Gasteiger partial charge in [-0.3, -0.25) is 9.69 Å². The third-order valence-corrected chi connectivity index (χ3v) is 5.99. The lowest BCUT2D eigenvalue weighted by atomic mass is 10.1. The number of nitrogens with zero attached hydrogens (tertiary/aromatic N) is 4. The molecule has 2 aromatic carbocycles. The maximum Gasteiger partial charge on any atom is 0.276 e. The number of rotatable bonds is 7.